The number of thioether (sulfide) groups is 1. The molecule has 0 aliphatic carbocycles. The summed E-state index contributed by atoms with van der Waals surface area (Å²) in [7, 11) is -5.35. The molecular weight excluding hydrogens is 1510 g/mol. The van der Waals surface area contributed by atoms with Crippen molar-refractivity contribution in [3.8, 4) is 5.88 Å². The van der Waals surface area contributed by atoms with Crippen molar-refractivity contribution in [2.24, 2.45) is 28.5 Å². The molecule has 1 aromatic heterocycles. The number of amidine groups is 1. The molecule has 6 rings (SSSR count). The molecule has 3 N–H and O–H groups in total. The Hall–Kier alpha value is -6.77. The molecule has 1 heterocycles. The number of nitrogens with zero attached hydrogens (tertiary/aromatic N) is 4. The first-order valence-electron chi connectivity index (χ1n) is 31.7. The van der Waals surface area contributed by atoms with Crippen LogP contribution in [-0.2, 0) is 73.7 Å². The highest BCUT2D eigenvalue weighted by molar-refractivity contribution is 9.11. The van der Waals surface area contributed by atoms with Gasteiger partial charge < -0.3 is 44.1 Å². The normalized spacial score (nSPS) is 11.9. The van der Waals surface area contributed by atoms with Crippen molar-refractivity contribution in [1.82, 2.24) is 9.55 Å². The maximum absolute atomic E-state index is 13.8. The number of carbonyl (C=O) groups is 4. The molecule has 27 heteroatoms. The van der Waals surface area contributed by atoms with Crippen LogP contribution in [0.25, 0.3) is 4.85 Å². The van der Waals surface area contributed by atoms with Crippen molar-refractivity contribution < 1.29 is 69.5 Å². The van der Waals surface area contributed by atoms with Crippen molar-refractivity contribution in [3.05, 3.63) is 186 Å². The van der Waals surface area contributed by atoms with E-state index in [1.165, 1.54) is 61.9 Å². The van der Waals surface area contributed by atoms with Gasteiger partial charge in [0.25, 0.3) is 10.8 Å². The molecule has 0 saturated heterocycles. The third-order valence-corrected chi connectivity index (χ3v) is 19.9. The fourth-order valence-electron chi connectivity index (χ4n) is 8.47. The Morgan fingerprint density at radius 3 is 1.46 bits per heavy atom. The third kappa shape index (κ3) is 30.4. The van der Waals surface area contributed by atoms with Gasteiger partial charge in [-0.05, 0) is 142 Å². The lowest BCUT2D eigenvalue weighted by molar-refractivity contribution is -0.155. The van der Waals surface area contributed by atoms with Crippen molar-refractivity contribution in [2.45, 2.75) is 144 Å². The Balaban J connectivity index is 0.000000443. The summed E-state index contributed by atoms with van der Waals surface area (Å²) in [4.78, 5) is 72.8. The number of benzene rings is 5. The molecule has 5 aromatic carbocycles. The van der Waals surface area contributed by atoms with Crippen LogP contribution >= 0.6 is 59.6 Å². The first-order valence-corrected chi connectivity index (χ1v) is 37.9. The zero-order valence-corrected chi connectivity index (χ0v) is 64.7. The molecule has 2 atom stereocenters. The van der Waals surface area contributed by atoms with Crippen LogP contribution in [0.2, 0.25) is 0 Å². The van der Waals surface area contributed by atoms with Gasteiger partial charge in [0.2, 0.25) is 37.3 Å². The Labute approximate surface area is 607 Å². The maximum atomic E-state index is 13.8. The minimum atomic E-state index is -4.33. The SMILES string of the molecule is CCOC(=O)C(C(=O)OCC)S(=O)(=O)c1ccc(Br)cc1.CCOC(=O)C(Sc1ccc(Br)cc1)C(=O)OCC.COC[C@@H](c1ccccc1)n1c(CCC(C)C)nc(O)c(S(=O)(=O)c2ccc(Br)cc2)c1=O.COC[C@H](N=C(N)CCC(C)C)c1ccccc1.[C-]#[N+]CCC(C)C. The fraction of sp³-hybridized carbons (Fsp3) is 0.437. The highest BCUT2D eigenvalue weighted by Gasteiger charge is 2.43. The Morgan fingerprint density at radius 1 is 0.612 bits per heavy atom. The lowest BCUT2D eigenvalue weighted by Crippen LogP contribution is -2.40. The van der Waals surface area contributed by atoms with Crippen LogP contribution < -0.4 is 11.3 Å². The standard InChI is InChI=1S/C24H27BrN2O5S.C15H24N2O.C13H15BrO6S.C13H15BrO4S.C6H11N/c1-16(2)9-14-21-26-23(28)22(33(30,31)19-12-10-18(25)11-13-19)24(29)27(21)20(15-32-3)17-7-5-4-6-8-17;1-12(2)9-10-15(16)17-14(11-18-3)13-7-5-4-6-8-13;1-3-19-12(15)11(13(16)20-4-2)21(17,18)10-7-5-9(14)6-8-10;1-3-17-12(15)11(13(16)18-4-2)19-10-7-5-9(14)6-8-10;1-6(2)4-5-7-3/h4-8,10-13,16,20,28H,9,14-15H2,1-3H3;4-8,12,14H,9-11H2,1-3H3,(H2,16,17);5-8,11H,3-4H2,1-2H3;5-8,11H,3-4H2,1-2H3;6H,4-5H2,1-2H3/t20-;14-;;;/m00.../s1. The first-order chi connectivity index (χ1) is 46.5. The summed E-state index contributed by atoms with van der Waals surface area (Å²) < 4.78 is 85.1. The number of nitrogens with two attached hydrogens (primary N) is 1. The van der Waals surface area contributed by atoms with Crippen LogP contribution in [0.4, 0.5) is 0 Å². The molecule has 21 nitrogen and oxygen atoms in total. The molecule has 536 valence electrons. The van der Waals surface area contributed by atoms with Crippen LogP contribution in [-0.4, -0.2) is 132 Å². The second kappa shape index (κ2) is 46.6. The number of hydrogen-bond donors (Lipinski definition) is 2. The number of aliphatic imine (C=N–C) groups is 1. The number of hydrogen-bond acceptors (Lipinski definition) is 19. The zero-order valence-electron chi connectivity index (χ0n) is 57.5. The van der Waals surface area contributed by atoms with Gasteiger partial charge in [0.05, 0.1) is 61.3 Å². The monoisotopic (exact) mass is 1600 g/mol. The van der Waals surface area contributed by atoms with Crippen LogP contribution in [0.15, 0.2) is 176 Å². The molecule has 98 heavy (non-hydrogen) atoms. The lowest BCUT2D eigenvalue weighted by atomic mass is 10.1. The molecule has 6 aromatic rings. The topological polar surface area (TPSA) is 290 Å². The van der Waals surface area contributed by atoms with E-state index in [2.05, 4.69) is 112 Å². The van der Waals surface area contributed by atoms with Gasteiger partial charge in [0, 0.05) is 51.8 Å². The predicted octanol–water partition coefficient (Wildman–Crippen LogP) is 14.2. The minimum absolute atomic E-state index is 0.00311. The fourth-order valence-corrected chi connectivity index (χ4v) is 12.9. The third-order valence-electron chi connectivity index (χ3n) is 13.4. The van der Waals surface area contributed by atoms with E-state index in [9.17, 15) is 45.9 Å². The Morgan fingerprint density at radius 2 is 1.04 bits per heavy atom. The molecule has 0 spiro atoms. The zero-order chi connectivity index (χ0) is 73.5. The van der Waals surface area contributed by atoms with E-state index in [-0.39, 0.29) is 48.9 Å². The number of halogens is 3. The molecule has 0 saturated carbocycles. The summed E-state index contributed by atoms with van der Waals surface area (Å²) in [6.45, 7) is 27.4. The average Bonchev–Trinajstić information content (AvgIpc) is 0.767. The van der Waals surface area contributed by atoms with E-state index in [0.717, 1.165) is 57.4 Å². The number of aromatic hydroxyl groups is 1. The van der Waals surface area contributed by atoms with Crippen molar-refractivity contribution in [1.29, 1.82) is 0 Å². The van der Waals surface area contributed by atoms with E-state index in [0.29, 0.717) is 58.5 Å². The second-order valence-electron chi connectivity index (χ2n) is 22.5. The van der Waals surface area contributed by atoms with Gasteiger partial charge in [-0.3, -0.25) is 23.9 Å². The quantitative estimate of drug-likeness (QED) is 0.00805. The first kappa shape index (κ1) is 87.3. The summed E-state index contributed by atoms with van der Waals surface area (Å²) in [5, 5.41) is 7.65. The maximum Gasteiger partial charge on any atom is 0.336 e. The van der Waals surface area contributed by atoms with Gasteiger partial charge in [0.1, 0.15) is 11.9 Å². The van der Waals surface area contributed by atoms with Crippen molar-refractivity contribution in [2.75, 3.05) is 60.4 Å². The summed E-state index contributed by atoms with van der Waals surface area (Å²) in [5.74, 6) is -1.53. The van der Waals surface area contributed by atoms with Gasteiger partial charge in [-0.2, -0.15) is 4.98 Å². The summed E-state index contributed by atoms with van der Waals surface area (Å²) in [6.07, 6.45) is 4.07. The van der Waals surface area contributed by atoms with Crippen LogP contribution in [0, 0.1) is 24.3 Å². The highest BCUT2D eigenvalue weighted by atomic mass is 79.9. The van der Waals surface area contributed by atoms with Crippen LogP contribution in [0.1, 0.15) is 124 Å². The van der Waals surface area contributed by atoms with E-state index in [1.54, 1.807) is 33.1 Å². The molecular formula is C71H92Br3N5O16S3. The van der Waals surface area contributed by atoms with Gasteiger partial charge >= 0.3 is 23.9 Å². The molecule has 0 fully saturated rings. The number of sulfone groups is 2. The summed E-state index contributed by atoms with van der Waals surface area (Å²) >= 11 is 10.9. The molecule has 0 aliphatic rings. The van der Waals surface area contributed by atoms with Gasteiger partial charge in [-0.1, -0.05) is 162 Å². The van der Waals surface area contributed by atoms with Crippen molar-refractivity contribution in [3.63, 3.8) is 0 Å². The minimum Gasteiger partial charge on any atom is -0.492 e. The molecule has 0 bridgehead atoms. The number of methoxy groups -OCH3 is 2. The largest absolute Gasteiger partial charge is 0.492 e. The van der Waals surface area contributed by atoms with Crippen molar-refractivity contribution >= 4 is 109 Å². The smallest absolute Gasteiger partial charge is 0.336 e. The van der Waals surface area contributed by atoms with E-state index in [4.69, 9.17) is 31.3 Å². The second-order valence-corrected chi connectivity index (χ2v) is 30.3. The van der Waals surface area contributed by atoms with Gasteiger partial charge in [-0.25, -0.2) is 33.0 Å². The lowest BCUT2D eigenvalue weighted by Gasteiger charge is -2.24. The van der Waals surface area contributed by atoms with Gasteiger partial charge in [0.15, 0.2) is 4.90 Å². The molecule has 0 amide bonds. The van der Waals surface area contributed by atoms with Crippen LogP contribution in [0.3, 0.4) is 0 Å². The number of aryl methyl sites for hydroxylation is 1. The van der Waals surface area contributed by atoms with E-state index < -0.39 is 76.4 Å². The summed E-state index contributed by atoms with van der Waals surface area (Å²) in [5.41, 5.74) is 7.08. The number of rotatable bonds is 30. The highest BCUT2D eigenvalue weighted by Crippen LogP contribution is 2.31. The molecule has 0 aliphatic heterocycles. The molecule has 0 radical (unpaired) electrons. The molecule has 0 unspecified atom stereocenters. The number of ether oxygens (including phenoxy) is 6. The van der Waals surface area contributed by atoms with Gasteiger partial charge in [-0.15, -0.1) is 0 Å². The van der Waals surface area contributed by atoms with E-state index >= 15 is 0 Å². The summed E-state index contributed by atoms with van der Waals surface area (Å²) in [6, 6.07) is 37.5. The number of esters is 4. The Kier molecular flexibility index (Phi) is 41.5. The average molecular weight is 1610 g/mol. The van der Waals surface area contributed by atoms with Crippen LogP contribution in [0.5, 0.6) is 5.88 Å². The predicted molar refractivity (Wildman–Crippen MR) is 392 cm³/mol. The number of carbonyl (C=O) groups excluding carboxylic acids is 4. The van der Waals surface area contributed by atoms with E-state index in [1.807, 2.05) is 86.6 Å². The number of aromatic nitrogens is 2. The Bertz CT molecular complexity index is 3710.